The van der Waals surface area contributed by atoms with Gasteiger partial charge in [-0.1, -0.05) is 31.9 Å². The van der Waals surface area contributed by atoms with E-state index >= 15 is 0 Å². The molecule has 4 heteroatoms. The third-order valence-electron chi connectivity index (χ3n) is 2.76. The number of aryl methyl sites for hydroxylation is 1. The quantitative estimate of drug-likeness (QED) is 0.728. The zero-order valence-corrected chi connectivity index (χ0v) is 13.9. The lowest BCUT2D eigenvalue weighted by Crippen LogP contribution is -2.00. The smallest absolute Gasteiger partial charge is 0.125 e. The molecule has 0 saturated heterocycles. The van der Waals surface area contributed by atoms with Crippen LogP contribution in [0.2, 0.25) is 0 Å². The fourth-order valence-corrected chi connectivity index (χ4v) is 2.67. The van der Waals surface area contributed by atoms with E-state index in [0.717, 1.165) is 31.6 Å². The summed E-state index contributed by atoms with van der Waals surface area (Å²) in [5, 5.41) is 0. The maximum absolute atomic E-state index is 5.85. The molecule has 19 heavy (non-hydrogen) atoms. The van der Waals surface area contributed by atoms with Gasteiger partial charge < -0.3 is 9.47 Å². The van der Waals surface area contributed by atoms with Crippen LogP contribution in [0.15, 0.2) is 45.3 Å². The van der Waals surface area contributed by atoms with Crippen molar-refractivity contribution < 1.29 is 9.47 Å². The van der Waals surface area contributed by atoms with Crippen LogP contribution in [0, 0.1) is 6.92 Å². The second kappa shape index (κ2) is 6.44. The topological polar surface area (TPSA) is 18.5 Å². The van der Waals surface area contributed by atoms with Crippen molar-refractivity contribution in [3.63, 3.8) is 0 Å². The molecule has 0 radical (unpaired) electrons. The fourth-order valence-electron chi connectivity index (χ4n) is 1.79. The van der Waals surface area contributed by atoms with Gasteiger partial charge >= 0.3 is 0 Å². The molecule has 0 saturated carbocycles. The largest absolute Gasteiger partial charge is 0.496 e. The van der Waals surface area contributed by atoms with Gasteiger partial charge in [-0.2, -0.15) is 0 Å². The summed E-state index contributed by atoms with van der Waals surface area (Å²) in [6.45, 7) is 2.50. The zero-order valence-electron chi connectivity index (χ0n) is 10.7. The van der Waals surface area contributed by atoms with Crippen LogP contribution < -0.4 is 9.47 Å². The summed E-state index contributed by atoms with van der Waals surface area (Å²) in [6, 6.07) is 11.9. The molecule has 0 bridgehead atoms. The minimum absolute atomic E-state index is 0.477. The Bertz CT molecular complexity index is 582. The molecular formula is C15H14Br2O2. The van der Waals surface area contributed by atoms with Crippen molar-refractivity contribution in [2.24, 2.45) is 0 Å². The Hall–Kier alpha value is -1.00. The van der Waals surface area contributed by atoms with Crippen LogP contribution >= 0.6 is 31.9 Å². The summed E-state index contributed by atoms with van der Waals surface area (Å²) in [6.07, 6.45) is 0. The van der Waals surface area contributed by atoms with Crippen molar-refractivity contribution in [3.8, 4) is 11.5 Å². The molecule has 0 aliphatic carbocycles. The average Bonchev–Trinajstić information content (AvgIpc) is 2.38. The molecule has 0 spiro atoms. The van der Waals surface area contributed by atoms with Gasteiger partial charge in [0.05, 0.1) is 7.11 Å². The van der Waals surface area contributed by atoms with Crippen LogP contribution in [0.4, 0.5) is 0 Å². The molecule has 0 aliphatic rings. The molecule has 0 unspecified atom stereocenters. The van der Waals surface area contributed by atoms with E-state index < -0.39 is 0 Å². The number of hydrogen-bond acceptors (Lipinski definition) is 2. The second-order valence-corrected chi connectivity index (χ2v) is 5.99. The first kappa shape index (κ1) is 14.4. The number of halogens is 2. The number of ether oxygens (including phenoxy) is 2. The molecule has 0 aromatic heterocycles. The Morgan fingerprint density at radius 1 is 0.947 bits per heavy atom. The van der Waals surface area contributed by atoms with Crippen molar-refractivity contribution in [3.05, 3.63) is 56.5 Å². The lowest BCUT2D eigenvalue weighted by molar-refractivity contribution is 0.294. The highest BCUT2D eigenvalue weighted by Gasteiger charge is 2.06. The first-order chi connectivity index (χ1) is 9.10. The fraction of sp³-hybridized carbons (Fsp3) is 0.200. The number of benzene rings is 2. The van der Waals surface area contributed by atoms with Gasteiger partial charge in [-0.3, -0.25) is 0 Å². The molecule has 0 amide bonds. The van der Waals surface area contributed by atoms with Crippen molar-refractivity contribution in [1.82, 2.24) is 0 Å². The third kappa shape index (κ3) is 3.74. The molecule has 2 aromatic rings. The van der Waals surface area contributed by atoms with Crippen LogP contribution in [0.5, 0.6) is 11.5 Å². The summed E-state index contributed by atoms with van der Waals surface area (Å²) in [7, 11) is 1.66. The number of methoxy groups -OCH3 is 1. The molecule has 2 nitrogen and oxygen atoms in total. The lowest BCUT2D eigenvalue weighted by atomic mass is 10.2. The molecular weight excluding hydrogens is 372 g/mol. The van der Waals surface area contributed by atoms with Crippen LogP contribution in [-0.2, 0) is 6.61 Å². The lowest BCUT2D eigenvalue weighted by Gasteiger charge is -2.12. The SMILES string of the molecule is COc1ccc(Br)cc1COc1ccc(Br)cc1C. The summed E-state index contributed by atoms with van der Waals surface area (Å²) in [5.41, 5.74) is 2.11. The third-order valence-corrected chi connectivity index (χ3v) is 3.75. The number of rotatable bonds is 4. The molecule has 100 valence electrons. The first-order valence-electron chi connectivity index (χ1n) is 5.81. The number of hydrogen-bond donors (Lipinski definition) is 0. The highest BCUT2D eigenvalue weighted by atomic mass is 79.9. The molecule has 0 fully saturated rings. The van der Waals surface area contributed by atoms with Crippen LogP contribution in [0.25, 0.3) is 0 Å². The van der Waals surface area contributed by atoms with Gasteiger partial charge in [0.25, 0.3) is 0 Å². The van der Waals surface area contributed by atoms with E-state index in [9.17, 15) is 0 Å². The summed E-state index contributed by atoms with van der Waals surface area (Å²) in [5.74, 6) is 1.71. The standard InChI is InChI=1S/C15H14Br2O2/c1-10-7-12(16)3-5-14(10)19-9-11-8-13(17)4-6-15(11)18-2/h3-8H,9H2,1-2H3. The Balaban J connectivity index is 2.16. The minimum Gasteiger partial charge on any atom is -0.496 e. The molecule has 2 rings (SSSR count). The van der Waals surface area contributed by atoms with Crippen LogP contribution in [0.3, 0.4) is 0 Å². The van der Waals surface area contributed by atoms with E-state index in [4.69, 9.17) is 9.47 Å². The monoisotopic (exact) mass is 384 g/mol. The predicted molar refractivity (Wildman–Crippen MR) is 83.9 cm³/mol. The summed E-state index contributed by atoms with van der Waals surface area (Å²) >= 11 is 6.90. The average molecular weight is 386 g/mol. The predicted octanol–water partition coefficient (Wildman–Crippen LogP) is 5.11. The van der Waals surface area contributed by atoms with Gasteiger partial charge in [0.1, 0.15) is 18.1 Å². The first-order valence-corrected chi connectivity index (χ1v) is 7.40. The van der Waals surface area contributed by atoms with Crippen molar-refractivity contribution >= 4 is 31.9 Å². The van der Waals surface area contributed by atoms with E-state index in [1.54, 1.807) is 7.11 Å². The summed E-state index contributed by atoms with van der Waals surface area (Å²) < 4.78 is 13.2. The highest BCUT2D eigenvalue weighted by Crippen LogP contribution is 2.27. The Morgan fingerprint density at radius 2 is 1.58 bits per heavy atom. The molecule has 0 heterocycles. The highest BCUT2D eigenvalue weighted by molar-refractivity contribution is 9.10. The van der Waals surface area contributed by atoms with Crippen molar-refractivity contribution in [1.29, 1.82) is 0 Å². The maximum Gasteiger partial charge on any atom is 0.125 e. The minimum atomic E-state index is 0.477. The van der Waals surface area contributed by atoms with E-state index in [0.29, 0.717) is 6.61 Å². The normalized spacial score (nSPS) is 10.3. The summed E-state index contributed by atoms with van der Waals surface area (Å²) in [4.78, 5) is 0. The van der Waals surface area contributed by atoms with Gasteiger partial charge in [0.2, 0.25) is 0 Å². The van der Waals surface area contributed by atoms with Gasteiger partial charge in [0, 0.05) is 14.5 Å². The Labute approximate surface area is 130 Å². The van der Waals surface area contributed by atoms with Crippen molar-refractivity contribution in [2.75, 3.05) is 7.11 Å². The molecule has 2 aromatic carbocycles. The van der Waals surface area contributed by atoms with Gasteiger partial charge in [-0.05, 0) is 48.9 Å². The van der Waals surface area contributed by atoms with E-state index in [1.165, 1.54) is 0 Å². The van der Waals surface area contributed by atoms with Gasteiger partial charge in [0.15, 0.2) is 0 Å². The molecule has 0 N–H and O–H groups in total. The maximum atomic E-state index is 5.85. The molecule has 0 aliphatic heterocycles. The van der Waals surface area contributed by atoms with Gasteiger partial charge in [-0.15, -0.1) is 0 Å². The van der Waals surface area contributed by atoms with Gasteiger partial charge in [-0.25, -0.2) is 0 Å². The van der Waals surface area contributed by atoms with Crippen molar-refractivity contribution in [2.45, 2.75) is 13.5 Å². The van der Waals surface area contributed by atoms with Crippen LogP contribution in [0.1, 0.15) is 11.1 Å². The van der Waals surface area contributed by atoms with E-state index in [2.05, 4.69) is 31.9 Å². The Kier molecular flexibility index (Phi) is 4.88. The van der Waals surface area contributed by atoms with Crippen LogP contribution in [-0.4, -0.2) is 7.11 Å². The second-order valence-electron chi connectivity index (χ2n) is 4.15. The van der Waals surface area contributed by atoms with E-state index in [-0.39, 0.29) is 0 Å². The Morgan fingerprint density at radius 3 is 2.21 bits per heavy atom. The molecule has 0 atom stereocenters. The zero-order chi connectivity index (χ0) is 13.8. The van der Waals surface area contributed by atoms with E-state index in [1.807, 2.05) is 43.3 Å².